The van der Waals surface area contributed by atoms with Gasteiger partial charge in [0.25, 0.3) is 0 Å². The zero-order valence-corrected chi connectivity index (χ0v) is 14.5. The number of amides is 2. The highest BCUT2D eigenvalue weighted by Gasteiger charge is 2.21. The summed E-state index contributed by atoms with van der Waals surface area (Å²) in [6.07, 6.45) is 4.27. The van der Waals surface area contributed by atoms with Gasteiger partial charge in [0.2, 0.25) is 11.8 Å². The number of rotatable bonds is 9. The Morgan fingerprint density at radius 2 is 2.05 bits per heavy atom. The van der Waals surface area contributed by atoms with Crippen LogP contribution in [-0.2, 0) is 9.59 Å². The summed E-state index contributed by atoms with van der Waals surface area (Å²) in [5.74, 6) is 1.34. The molecular formula is C17H33N3O2. The summed E-state index contributed by atoms with van der Waals surface area (Å²) in [5.41, 5.74) is 0. The summed E-state index contributed by atoms with van der Waals surface area (Å²) in [5, 5.41) is 6.35. The molecule has 2 atom stereocenters. The number of carbonyl (C=O) groups is 2. The topological polar surface area (TPSA) is 61.4 Å². The van der Waals surface area contributed by atoms with Crippen LogP contribution in [0.3, 0.4) is 0 Å². The van der Waals surface area contributed by atoms with E-state index in [-0.39, 0.29) is 11.8 Å². The maximum Gasteiger partial charge on any atom is 0.222 e. The molecule has 1 heterocycles. The Balaban J connectivity index is 2.13. The fourth-order valence-corrected chi connectivity index (χ4v) is 3.10. The van der Waals surface area contributed by atoms with Crippen molar-refractivity contribution in [1.29, 1.82) is 0 Å². The van der Waals surface area contributed by atoms with Gasteiger partial charge < -0.3 is 15.5 Å². The Labute approximate surface area is 135 Å². The summed E-state index contributed by atoms with van der Waals surface area (Å²) < 4.78 is 0. The second kappa shape index (κ2) is 10.6. The number of nitrogens with one attached hydrogen (secondary N) is 2. The smallest absolute Gasteiger partial charge is 0.222 e. The van der Waals surface area contributed by atoms with Gasteiger partial charge in [-0.05, 0) is 58.0 Å². The van der Waals surface area contributed by atoms with E-state index in [1.807, 2.05) is 18.7 Å². The molecule has 128 valence electrons. The normalized spacial score (nSPS) is 19.5. The Hall–Kier alpha value is -1.10. The van der Waals surface area contributed by atoms with Crippen LogP contribution in [0.1, 0.15) is 52.9 Å². The van der Waals surface area contributed by atoms with Crippen LogP contribution in [0, 0.1) is 11.8 Å². The van der Waals surface area contributed by atoms with Crippen LogP contribution in [0.4, 0.5) is 0 Å². The minimum absolute atomic E-state index is 0.119. The minimum Gasteiger partial charge on any atom is -0.356 e. The van der Waals surface area contributed by atoms with Gasteiger partial charge in [0.1, 0.15) is 0 Å². The van der Waals surface area contributed by atoms with E-state index in [9.17, 15) is 9.59 Å². The zero-order valence-electron chi connectivity index (χ0n) is 14.5. The van der Waals surface area contributed by atoms with Crippen LogP contribution >= 0.6 is 0 Å². The lowest BCUT2D eigenvalue weighted by atomic mass is 9.85. The molecular weight excluding hydrogens is 278 g/mol. The molecule has 0 radical (unpaired) electrons. The van der Waals surface area contributed by atoms with Crippen molar-refractivity contribution in [2.24, 2.45) is 11.8 Å². The Bertz CT molecular complexity index is 337. The van der Waals surface area contributed by atoms with E-state index in [1.165, 1.54) is 12.8 Å². The summed E-state index contributed by atoms with van der Waals surface area (Å²) >= 11 is 0. The van der Waals surface area contributed by atoms with Crippen molar-refractivity contribution in [2.75, 3.05) is 32.7 Å². The molecule has 1 rings (SSSR count). The second-order valence-electron chi connectivity index (χ2n) is 6.31. The first-order chi connectivity index (χ1) is 10.6. The van der Waals surface area contributed by atoms with Gasteiger partial charge in [0.15, 0.2) is 0 Å². The number of hydrogen-bond donors (Lipinski definition) is 2. The number of nitrogens with zero attached hydrogens (tertiary/aromatic N) is 1. The van der Waals surface area contributed by atoms with Crippen molar-refractivity contribution >= 4 is 11.8 Å². The highest BCUT2D eigenvalue weighted by molar-refractivity contribution is 5.77. The molecule has 1 aliphatic heterocycles. The SMILES string of the molecule is CCN(CC)C(=O)CCCNC(=O)CC(C)C1CCCNC1. The van der Waals surface area contributed by atoms with Gasteiger partial charge in [-0.25, -0.2) is 0 Å². The molecule has 0 spiro atoms. The van der Waals surface area contributed by atoms with Crippen molar-refractivity contribution in [3.8, 4) is 0 Å². The van der Waals surface area contributed by atoms with E-state index < -0.39 is 0 Å². The maximum atomic E-state index is 12.0. The van der Waals surface area contributed by atoms with Crippen LogP contribution in [0.25, 0.3) is 0 Å². The van der Waals surface area contributed by atoms with Crippen LogP contribution in [0.5, 0.6) is 0 Å². The zero-order chi connectivity index (χ0) is 16.4. The summed E-state index contributed by atoms with van der Waals surface area (Å²) in [7, 11) is 0. The van der Waals surface area contributed by atoms with E-state index in [4.69, 9.17) is 0 Å². The largest absolute Gasteiger partial charge is 0.356 e. The van der Waals surface area contributed by atoms with E-state index >= 15 is 0 Å². The van der Waals surface area contributed by atoms with Crippen LogP contribution in [0.2, 0.25) is 0 Å². The van der Waals surface area contributed by atoms with Crippen LogP contribution < -0.4 is 10.6 Å². The quantitative estimate of drug-likeness (QED) is 0.638. The van der Waals surface area contributed by atoms with Crippen molar-refractivity contribution in [3.63, 3.8) is 0 Å². The molecule has 22 heavy (non-hydrogen) atoms. The van der Waals surface area contributed by atoms with Crippen molar-refractivity contribution in [1.82, 2.24) is 15.5 Å². The molecule has 2 unspecified atom stereocenters. The Kier molecular flexibility index (Phi) is 9.13. The maximum absolute atomic E-state index is 12.0. The summed E-state index contributed by atoms with van der Waals surface area (Å²) in [6.45, 7) is 10.4. The lowest BCUT2D eigenvalue weighted by Gasteiger charge is -2.28. The standard InChI is InChI=1S/C17H33N3O2/c1-4-20(5-2)17(22)9-7-11-19-16(21)12-14(3)15-8-6-10-18-13-15/h14-15,18H,4-13H2,1-3H3,(H,19,21). The molecule has 1 aliphatic rings. The number of hydrogen-bond acceptors (Lipinski definition) is 3. The molecule has 2 N–H and O–H groups in total. The minimum atomic E-state index is 0.119. The van der Waals surface area contributed by atoms with Gasteiger partial charge in [0.05, 0.1) is 0 Å². The predicted molar refractivity (Wildman–Crippen MR) is 89.5 cm³/mol. The fraction of sp³-hybridized carbons (Fsp3) is 0.882. The van der Waals surface area contributed by atoms with Crippen LogP contribution in [0.15, 0.2) is 0 Å². The monoisotopic (exact) mass is 311 g/mol. The molecule has 2 amide bonds. The molecule has 0 saturated carbocycles. The van der Waals surface area contributed by atoms with Crippen molar-refractivity contribution in [3.05, 3.63) is 0 Å². The van der Waals surface area contributed by atoms with E-state index in [2.05, 4.69) is 17.6 Å². The van der Waals surface area contributed by atoms with E-state index in [0.717, 1.165) is 32.6 Å². The van der Waals surface area contributed by atoms with Crippen LogP contribution in [-0.4, -0.2) is 49.4 Å². The van der Waals surface area contributed by atoms with Gasteiger partial charge in [-0.3, -0.25) is 9.59 Å². The van der Waals surface area contributed by atoms with Crippen molar-refractivity contribution in [2.45, 2.75) is 52.9 Å². The average molecular weight is 311 g/mol. The summed E-state index contributed by atoms with van der Waals surface area (Å²) in [6, 6.07) is 0. The lowest BCUT2D eigenvalue weighted by Crippen LogP contribution is -2.36. The predicted octanol–water partition coefficient (Wildman–Crippen LogP) is 1.78. The molecule has 0 aromatic heterocycles. The number of piperidine rings is 1. The Morgan fingerprint density at radius 1 is 1.32 bits per heavy atom. The van der Waals surface area contributed by atoms with Gasteiger partial charge in [-0.15, -0.1) is 0 Å². The van der Waals surface area contributed by atoms with E-state index in [0.29, 0.717) is 31.2 Å². The molecule has 1 fully saturated rings. The van der Waals surface area contributed by atoms with Gasteiger partial charge in [-0.1, -0.05) is 6.92 Å². The van der Waals surface area contributed by atoms with Gasteiger partial charge in [-0.2, -0.15) is 0 Å². The third-order valence-electron chi connectivity index (χ3n) is 4.65. The molecule has 0 aromatic carbocycles. The molecule has 0 bridgehead atoms. The molecule has 0 aliphatic carbocycles. The average Bonchev–Trinajstić information content (AvgIpc) is 2.53. The van der Waals surface area contributed by atoms with Gasteiger partial charge >= 0.3 is 0 Å². The number of carbonyl (C=O) groups excluding carboxylic acids is 2. The molecule has 0 aromatic rings. The molecule has 1 saturated heterocycles. The first-order valence-electron chi connectivity index (χ1n) is 8.83. The first kappa shape index (κ1) is 18.9. The second-order valence-corrected chi connectivity index (χ2v) is 6.31. The first-order valence-corrected chi connectivity index (χ1v) is 8.83. The Morgan fingerprint density at radius 3 is 2.64 bits per heavy atom. The third-order valence-corrected chi connectivity index (χ3v) is 4.65. The van der Waals surface area contributed by atoms with E-state index in [1.54, 1.807) is 0 Å². The van der Waals surface area contributed by atoms with Crippen molar-refractivity contribution < 1.29 is 9.59 Å². The van der Waals surface area contributed by atoms with Gasteiger partial charge in [0, 0.05) is 32.5 Å². The third kappa shape index (κ3) is 6.77. The highest BCUT2D eigenvalue weighted by Crippen LogP contribution is 2.22. The molecule has 5 nitrogen and oxygen atoms in total. The lowest BCUT2D eigenvalue weighted by molar-refractivity contribution is -0.131. The summed E-state index contributed by atoms with van der Waals surface area (Å²) in [4.78, 5) is 25.6. The molecule has 5 heteroatoms. The fourth-order valence-electron chi connectivity index (χ4n) is 3.10. The highest BCUT2D eigenvalue weighted by atomic mass is 16.2.